The van der Waals surface area contributed by atoms with Crippen molar-refractivity contribution in [3.05, 3.63) is 53.0 Å². The van der Waals surface area contributed by atoms with Gasteiger partial charge in [0.2, 0.25) is 0 Å². The van der Waals surface area contributed by atoms with Crippen LogP contribution in [-0.2, 0) is 11.3 Å². The van der Waals surface area contributed by atoms with E-state index in [1.54, 1.807) is 18.4 Å². The maximum Gasteiger partial charge on any atom is 0.255 e. The predicted molar refractivity (Wildman–Crippen MR) is 110 cm³/mol. The number of amides is 1. The maximum absolute atomic E-state index is 10.9. The highest BCUT2D eigenvalue weighted by atomic mass is 32.1. The van der Waals surface area contributed by atoms with E-state index in [4.69, 9.17) is 20.2 Å². The fraction of sp³-hybridized carbons (Fsp3) is 0.333. The molecule has 1 saturated heterocycles. The third-order valence-electron chi connectivity index (χ3n) is 4.94. The number of carbonyl (C=O) groups is 1. The Labute approximate surface area is 167 Å². The molecule has 0 bridgehead atoms. The Bertz CT molecular complexity index is 955. The van der Waals surface area contributed by atoms with Crippen LogP contribution in [0, 0.1) is 0 Å². The number of hydrogen-bond acceptors (Lipinski definition) is 6. The van der Waals surface area contributed by atoms with Crippen LogP contribution in [0.25, 0.3) is 10.2 Å². The normalized spacial score (nSPS) is 17.1. The van der Waals surface area contributed by atoms with Gasteiger partial charge in [-0.05, 0) is 49.2 Å². The summed E-state index contributed by atoms with van der Waals surface area (Å²) in [5.41, 5.74) is 7.36. The van der Waals surface area contributed by atoms with Gasteiger partial charge in [0.25, 0.3) is 5.91 Å². The number of rotatable bonds is 7. The average molecular weight is 398 g/mol. The van der Waals surface area contributed by atoms with Gasteiger partial charge in [0, 0.05) is 6.54 Å². The molecule has 28 heavy (non-hydrogen) atoms. The molecule has 0 aliphatic carbocycles. The Kier molecular flexibility index (Phi) is 5.45. The topological polar surface area (TPSA) is 77.7 Å². The SMILES string of the molecule is COc1cc(CN2CCC[C@@H]2c2nc3ccccc3s2)ccc1OCC(N)=O. The summed E-state index contributed by atoms with van der Waals surface area (Å²) in [5.74, 6) is 0.616. The van der Waals surface area contributed by atoms with E-state index >= 15 is 0 Å². The lowest BCUT2D eigenvalue weighted by molar-refractivity contribution is -0.119. The average Bonchev–Trinajstić information content (AvgIpc) is 3.32. The summed E-state index contributed by atoms with van der Waals surface area (Å²) in [6.45, 7) is 1.69. The van der Waals surface area contributed by atoms with Crippen LogP contribution in [0.4, 0.5) is 0 Å². The number of aromatic nitrogens is 1. The van der Waals surface area contributed by atoms with Gasteiger partial charge < -0.3 is 15.2 Å². The number of para-hydroxylation sites is 1. The Morgan fingerprint density at radius 1 is 1.29 bits per heavy atom. The summed E-state index contributed by atoms with van der Waals surface area (Å²) in [4.78, 5) is 18.3. The summed E-state index contributed by atoms with van der Waals surface area (Å²) in [7, 11) is 1.59. The van der Waals surface area contributed by atoms with Crippen molar-refractivity contribution < 1.29 is 14.3 Å². The summed E-state index contributed by atoms with van der Waals surface area (Å²) in [5, 5.41) is 1.19. The number of primary amides is 1. The molecule has 0 saturated carbocycles. The zero-order chi connectivity index (χ0) is 19.5. The second kappa shape index (κ2) is 8.16. The highest BCUT2D eigenvalue weighted by Crippen LogP contribution is 2.38. The van der Waals surface area contributed by atoms with E-state index in [-0.39, 0.29) is 6.61 Å². The lowest BCUT2D eigenvalue weighted by Gasteiger charge is -2.23. The largest absolute Gasteiger partial charge is 0.493 e. The zero-order valence-corrected chi connectivity index (χ0v) is 16.6. The molecule has 1 aliphatic heterocycles. The van der Waals surface area contributed by atoms with Gasteiger partial charge >= 0.3 is 0 Å². The van der Waals surface area contributed by atoms with Crippen molar-refractivity contribution >= 4 is 27.5 Å². The van der Waals surface area contributed by atoms with Crippen LogP contribution in [0.3, 0.4) is 0 Å². The van der Waals surface area contributed by atoms with Crippen molar-refractivity contribution in [3.8, 4) is 11.5 Å². The van der Waals surface area contributed by atoms with Crippen molar-refractivity contribution in [2.75, 3.05) is 20.3 Å². The molecule has 1 amide bonds. The van der Waals surface area contributed by atoms with Crippen molar-refractivity contribution in [1.82, 2.24) is 9.88 Å². The van der Waals surface area contributed by atoms with E-state index in [0.717, 1.165) is 37.0 Å². The van der Waals surface area contributed by atoms with Crippen molar-refractivity contribution in [2.45, 2.75) is 25.4 Å². The first kappa shape index (κ1) is 18.7. The van der Waals surface area contributed by atoms with Crippen LogP contribution in [0.1, 0.15) is 29.5 Å². The molecule has 3 aromatic rings. The zero-order valence-electron chi connectivity index (χ0n) is 15.8. The smallest absolute Gasteiger partial charge is 0.255 e. The van der Waals surface area contributed by atoms with Crippen molar-refractivity contribution in [1.29, 1.82) is 0 Å². The molecule has 4 rings (SSSR count). The van der Waals surface area contributed by atoms with Gasteiger partial charge in [-0.1, -0.05) is 18.2 Å². The van der Waals surface area contributed by atoms with E-state index in [1.165, 1.54) is 9.71 Å². The summed E-state index contributed by atoms with van der Waals surface area (Å²) in [6.07, 6.45) is 2.29. The molecular weight excluding hydrogens is 374 g/mol. The lowest BCUT2D eigenvalue weighted by Crippen LogP contribution is -2.23. The molecule has 0 unspecified atom stereocenters. The molecule has 146 valence electrons. The van der Waals surface area contributed by atoms with Crippen LogP contribution in [0.15, 0.2) is 42.5 Å². The summed E-state index contributed by atoms with van der Waals surface area (Å²) in [6, 6.07) is 14.4. The number of nitrogens with two attached hydrogens (primary N) is 1. The van der Waals surface area contributed by atoms with E-state index in [1.807, 2.05) is 24.3 Å². The van der Waals surface area contributed by atoms with E-state index in [0.29, 0.717) is 17.5 Å². The Morgan fingerprint density at radius 3 is 2.93 bits per heavy atom. The van der Waals surface area contributed by atoms with Gasteiger partial charge in [0.1, 0.15) is 5.01 Å². The monoisotopic (exact) mass is 397 g/mol. The molecule has 2 heterocycles. The highest BCUT2D eigenvalue weighted by Gasteiger charge is 2.28. The second-order valence-electron chi connectivity index (χ2n) is 6.89. The molecule has 0 spiro atoms. The van der Waals surface area contributed by atoms with E-state index in [9.17, 15) is 4.79 Å². The first-order valence-corrected chi connectivity index (χ1v) is 10.1. The molecule has 7 heteroatoms. The van der Waals surface area contributed by atoms with Crippen LogP contribution >= 0.6 is 11.3 Å². The quantitative estimate of drug-likeness (QED) is 0.660. The number of likely N-dealkylation sites (tertiary alicyclic amines) is 1. The van der Waals surface area contributed by atoms with Gasteiger partial charge in [0.05, 0.1) is 23.4 Å². The van der Waals surface area contributed by atoms with Gasteiger partial charge in [-0.2, -0.15) is 0 Å². The summed E-state index contributed by atoms with van der Waals surface area (Å²) < 4.78 is 12.1. The third-order valence-corrected chi connectivity index (χ3v) is 6.08. The highest BCUT2D eigenvalue weighted by molar-refractivity contribution is 7.18. The number of benzene rings is 2. The minimum absolute atomic E-state index is 0.165. The van der Waals surface area contributed by atoms with Crippen LogP contribution in [-0.4, -0.2) is 36.1 Å². The number of fused-ring (bicyclic) bond motifs is 1. The minimum atomic E-state index is -0.512. The number of hydrogen-bond donors (Lipinski definition) is 1. The van der Waals surface area contributed by atoms with Crippen molar-refractivity contribution in [2.24, 2.45) is 5.73 Å². The standard InChI is InChI=1S/C21H23N3O3S/c1-26-18-11-14(8-9-17(18)27-13-20(22)25)12-24-10-4-6-16(24)21-23-15-5-2-3-7-19(15)28-21/h2-3,5,7-9,11,16H,4,6,10,12-13H2,1H3,(H2,22,25)/t16-/m1/s1. The van der Waals surface area contributed by atoms with E-state index in [2.05, 4.69) is 23.1 Å². The number of methoxy groups -OCH3 is 1. The molecule has 1 fully saturated rings. The lowest BCUT2D eigenvalue weighted by atomic mass is 10.1. The Balaban J connectivity index is 1.51. The molecule has 6 nitrogen and oxygen atoms in total. The van der Waals surface area contributed by atoms with E-state index < -0.39 is 5.91 Å². The third kappa shape index (κ3) is 3.95. The number of nitrogens with zero attached hydrogens (tertiary/aromatic N) is 2. The van der Waals surface area contributed by atoms with Crippen LogP contribution < -0.4 is 15.2 Å². The Hall–Kier alpha value is -2.64. The number of thiazole rings is 1. The predicted octanol–water partition coefficient (Wildman–Crippen LogP) is 3.51. The van der Waals surface area contributed by atoms with Gasteiger partial charge in [-0.15, -0.1) is 11.3 Å². The molecule has 1 aliphatic rings. The fourth-order valence-electron chi connectivity index (χ4n) is 3.64. The summed E-state index contributed by atoms with van der Waals surface area (Å²) >= 11 is 1.79. The van der Waals surface area contributed by atoms with Gasteiger partial charge in [-0.3, -0.25) is 9.69 Å². The van der Waals surface area contributed by atoms with Gasteiger partial charge in [-0.25, -0.2) is 4.98 Å². The Morgan fingerprint density at radius 2 is 2.14 bits per heavy atom. The molecule has 2 aromatic carbocycles. The van der Waals surface area contributed by atoms with Crippen molar-refractivity contribution in [3.63, 3.8) is 0 Å². The first-order valence-electron chi connectivity index (χ1n) is 9.31. The first-order chi connectivity index (χ1) is 13.6. The number of ether oxygens (including phenoxy) is 2. The van der Waals surface area contributed by atoms with Gasteiger partial charge in [0.15, 0.2) is 18.1 Å². The molecular formula is C21H23N3O3S. The maximum atomic E-state index is 10.9. The van der Waals surface area contributed by atoms with Crippen LogP contribution in [0.5, 0.6) is 11.5 Å². The molecule has 1 atom stereocenters. The number of carbonyl (C=O) groups excluding carboxylic acids is 1. The molecule has 2 N–H and O–H groups in total. The molecule has 0 radical (unpaired) electrons. The fourth-order valence-corrected chi connectivity index (χ4v) is 4.78. The van der Waals surface area contributed by atoms with Crippen LogP contribution in [0.2, 0.25) is 0 Å². The molecule has 1 aromatic heterocycles. The second-order valence-corrected chi connectivity index (χ2v) is 7.95. The minimum Gasteiger partial charge on any atom is -0.493 e.